The van der Waals surface area contributed by atoms with Gasteiger partial charge in [0.05, 0.1) is 26.9 Å². The number of Topliss-reactive ketones (excluding diaryl/α,β-unsaturated/α-hetero) is 1. The first-order valence-corrected chi connectivity index (χ1v) is 10.2. The smallest absolute Gasteiger partial charge is 0.338 e. The highest BCUT2D eigenvalue weighted by molar-refractivity contribution is 5.99. The zero-order valence-electron chi connectivity index (χ0n) is 17.7. The van der Waals surface area contributed by atoms with Crippen LogP contribution in [0.3, 0.4) is 0 Å². The van der Waals surface area contributed by atoms with Gasteiger partial charge in [0.1, 0.15) is 0 Å². The van der Waals surface area contributed by atoms with Gasteiger partial charge in [-0.15, -0.1) is 0 Å². The fraction of sp³-hybridized carbons (Fsp3) is 0.417. The van der Waals surface area contributed by atoms with Crippen molar-refractivity contribution in [3.8, 4) is 17.2 Å². The second-order valence-corrected chi connectivity index (χ2v) is 7.37. The lowest BCUT2D eigenvalue weighted by atomic mass is 9.84. The summed E-state index contributed by atoms with van der Waals surface area (Å²) in [6.07, 6.45) is 6.26. The molecule has 2 aromatic rings. The largest absolute Gasteiger partial charge is 0.493 e. The van der Waals surface area contributed by atoms with Gasteiger partial charge in [0, 0.05) is 5.56 Å². The van der Waals surface area contributed by atoms with E-state index >= 15 is 0 Å². The SMILES string of the molecule is COc1cc(C(=O)OCC(=O)c2ccc(C3CCCCC3)cc2)cc(OC)c1OC. The molecule has 3 rings (SSSR count). The predicted molar refractivity (Wildman–Crippen MR) is 113 cm³/mol. The highest BCUT2D eigenvalue weighted by Crippen LogP contribution is 2.38. The molecular formula is C24H28O6. The predicted octanol–water partition coefficient (Wildman–Crippen LogP) is 4.80. The molecule has 0 aromatic heterocycles. The lowest BCUT2D eigenvalue weighted by Crippen LogP contribution is -2.15. The minimum absolute atomic E-state index is 0.213. The molecule has 0 radical (unpaired) electrons. The van der Waals surface area contributed by atoms with Crippen LogP contribution in [-0.4, -0.2) is 39.7 Å². The summed E-state index contributed by atoms with van der Waals surface area (Å²) in [7, 11) is 4.41. The van der Waals surface area contributed by atoms with Crippen molar-refractivity contribution in [3.05, 3.63) is 53.1 Å². The summed E-state index contributed by atoms with van der Waals surface area (Å²) >= 11 is 0. The van der Waals surface area contributed by atoms with Crippen molar-refractivity contribution in [1.29, 1.82) is 0 Å². The van der Waals surface area contributed by atoms with E-state index in [1.165, 1.54) is 71.1 Å². The average molecular weight is 412 g/mol. The van der Waals surface area contributed by atoms with Gasteiger partial charge in [0.2, 0.25) is 5.75 Å². The fourth-order valence-electron chi connectivity index (χ4n) is 3.87. The fourth-order valence-corrected chi connectivity index (χ4v) is 3.87. The number of carbonyl (C=O) groups is 2. The van der Waals surface area contributed by atoms with Crippen molar-refractivity contribution in [3.63, 3.8) is 0 Å². The first-order chi connectivity index (χ1) is 14.6. The molecule has 0 saturated heterocycles. The van der Waals surface area contributed by atoms with Crippen molar-refractivity contribution < 1.29 is 28.5 Å². The Labute approximate surface area is 177 Å². The number of esters is 1. The van der Waals surface area contributed by atoms with Crippen molar-refractivity contribution in [2.45, 2.75) is 38.0 Å². The molecule has 1 aliphatic rings. The molecule has 1 aliphatic carbocycles. The van der Waals surface area contributed by atoms with Crippen LogP contribution in [0.1, 0.15) is 64.3 Å². The number of rotatable bonds is 8. The maximum atomic E-state index is 12.5. The standard InChI is InChI=1S/C24H28O6/c1-27-21-13-19(14-22(28-2)23(21)29-3)24(26)30-15-20(25)18-11-9-17(10-12-18)16-7-5-4-6-8-16/h9-14,16H,4-8,15H2,1-3H3. The normalized spacial score (nSPS) is 14.1. The molecule has 6 heteroatoms. The van der Waals surface area contributed by atoms with Crippen LogP contribution in [0.4, 0.5) is 0 Å². The second-order valence-electron chi connectivity index (χ2n) is 7.37. The Morgan fingerprint density at radius 2 is 1.43 bits per heavy atom. The molecule has 160 valence electrons. The van der Waals surface area contributed by atoms with Gasteiger partial charge in [0.25, 0.3) is 0 Å². The molecule has 1 saturated carbocycles. The first-order valence-electron chi connectivity index (χ1n) is 10.2. The molecule has 30 heavy (non-hydrogen) atoms. The van der Waals surface area contributed by atoms with Crippen LogP contribution >= 0.6 is 0 Å². The van der Waals surface area contributed by atoms with Gasteiger partial charge < -0.3 is 18.9 Å². The van der Waals surface area contributed by atoms with Crippen molar-refractivity contribution in [2.75, 3.05) is 27.9 Å². The van der Waals surface area contributed by atoms with Gasteiger partial charge in [0.15, 0.2) is 23.9 Å². The van der Waals surface area contributed by atoms with Gasteiger partial charge in [-0.25, -0.2) is 4.79 Å². The minimum atomic E-state index is -0.638. The Kier molecular flexibility index (Phi) is 7.33. The van der Waals surface area contributed by atoms with E-state index in [0.29, 0.717) is 28.7 Å². The number of ketones is 1. The number of ether oxygens (including phenoxy) is 4. The first kappa shape index (κ1) is 21.7. The number of hydrogen-bond donors (Lipinski definition) is 0. The summed E-state index contributed by atoms with van der Waals surface area (Å²) in [5.41, 5.74) is 2.03. The Balaban J connectivity index is 1.63. The average Bonchev–Trinajstić information content (AvgIpc) is 2.81. The van der Waals surface area contributed by atoms with Gasteiger partial charge in [-0.1, -0.05) is 43.5 Å². The number of carbonyl (C=O) groups excluding carboxylic acids is 2. The van der Waals surface area contributed by atoms with Crippen LogP contribution in [0.5, 0.6) is 17.2 Å². The molecule has 0 aliphatic heterocycles. The third kappa shape index (κ3) is 4.93. The van der Waals surface area contributed by atoms with Crippen molar-refractivity contribution >= 4 is 11.8 Å². The molecule has 0 N–H and O–H groups in total. The summed E-state index contributed by atoms with van der Waals surface area (Å²) in [5, 5.41) is 0. The topological polar surface area (TPSA) is 71.1 Å². The van der Waals surface area contributed by atoms with Crippen LogP contribution in [0.15, 0.2) is 36.4 Å². The second kappa shape index (κ2) is 10.1. The molecule has 6 nitrogen and oxygen atoms in total. The zero-order chi connectivity index (χ0) is 21.5. The van der Waals surface area contributed by atoms with E-state index in [1.54, 1.807) is 0 Å². The number of benzene rings is 2. The molecule has 2 aromatic carbocycles. The molecule has 1 fully saturated rings. The molecule has 0 amide bonds. The third-order valence-electron chi connectivity index (χ3n) is 5.54. The van der Waals surface area contributed by atoms with Crippen LogP contribution in [0, 0.1) is 0 Å². The van der Waals surface area contributed by atoms with E-state index in [4.69, 9.17) is 18.9 Å². The maximum Gasteiger partial charge on any atom is 0.338 e. The van der Waals surface area contributed by atoms with Crippen molar-refractivity contribution in [1.82, 2.24) is 0 Å². The lowest BCUT2D eigenvalue weighted by molar-refractivity contribution is 0.0474. The maximum absolute atomic E-state index is 12.5. The molecule has 0 unspecified atom stereocenters. The summed E-state index contributed by atoms with van der Waals surface area (Å²) < 4.78 is 21.0. The van der Waals surface area contributed by atoms with E-state index in [-0.39, 0.29) is 18.0 Å². The summed E-state index contributed by atoms with van der Waals surface area (Å²) in [6.45, 7) is -0.335. The van der Waals surface area contributed by atoms with E-state index in [0.717, 1.165) is 0 Å². The molecule has 0 bridgehead atoms. The molecule has 0 atom stereocenters. The van der Waals surface area contributed by atoms with E-state index in [9.17, 15) is 9.59 Å². The Hall–Kier alpha value is -3.02. The van der Waals surface area contributed by atoms with Crippen molar-refractivity contribution in [2.24, 2.45) is 0 Å². The Bertz CT molecular complexity index is 856. The number of hydrogen-bond acceptors (Lipinski definition) is 6. The third-order valence-corrected chi connectivity index (χ3v) is 5.54. The highest BCUT2D eigenvalue weighted by atomic mass is 16.5. The number of methoxy groups -OCH3 is 3. The van der Waals surface area contributed by atoms with Crippen LogP contribution in [0.2, 0.25) is 0 Å². The minimum Gasteiger partial charge on any atom is -0.493 e. The lowest BCUT2D eigenvalue weighted by Gasteiger charge is -2.22. The molecular weight excluding hydrogens is 384 g/mol. The summed E-state index contributed by atoms with van der Waals surface area (Å²) in [5.74, 6) is 0.765. The van der Waals surface area contributed by atoms with E-state index in [1.807, 2.05) is 24.3 Å². The Morgan fingerprint density at radius 3 is 1.97 bits per heavy atom. The van der Waals surface area contributed by atoms with Gasteiger partial charge in [-0.05, 0) is 36.5 Å². The van der Waals surface area contributed by atoms with E-state index < -0.39 is 5.97 Å². The Morgan fingerprint density at radius 1 is 0.833 bits per heavy atom. The van der Waals surface area contributed by atoms with Crippen LogP contribution in [0.25, 0.3) is 0 Å². The van der Waals surface area contributed by atoms with E-state index in [2.05, 4.69) is 0 Å². The molecule has 0 heterocycles. The highest BCUT2D eigenvalue weighted by Gasteiger charge is 2.20. The van der Waals surface area contributed by atoms with Gasteiger partial charge in [-0.2, -0.15) is 0 Å². The van der Waals surface area contributed by atoms with Gasteiger partial charge in [-0.3, -0.25) is 4.79 Å². The quantitative estimate of drug-likeness (QED) is 0.458. The monoisotopic (exact) mass is 412 g/mol. The summed E-state index contributed by atoms with van der Waals surface area (Å²) in [4.78, 5) is 24.9. The zero-order valence-corrected chi connectivity index (χ0v) is 17.7. The van der Waals surface area contributed by atoms with Crippen LogP contribution in [-0.2, 0) is 4.74 Å². The summed E-state index contributed by atoms with van der Waals surface area (Å²) in [6, 6.07) is 10.7. The van der Waals surface area contributed by atoms with Gasteiger partial charge >= 0.3 is 5.97 Å². The molecule has 0 spiro atoms. The van der Waals surface area contributed by atoms with Crippen LogP contribution < -0.4 is 14.2 Å².